The van der Waals surface area contributed by atoms with E-state index in [1.807, 2.05) is 32.9 Å². The Kier molecular flexibility index (Phi) is 8.69. The molecule has 1 atom stereocenters. The van der Waals surface area contributed by atoms with E-state index in [2.05, 4.69) is 20.6 Å². The Morgan fingerprint density at radius 2 is 1.95 bits per heavy atom. The van der Waals surface area contributed by atoms with Crippen molar-refractivity contribution in [3.05, 3.63) is 47.9 Å². The van der Waals surface area contributed by atoms with Gasteiger partial charge in [-0.3, -0.25) is 9.36 Å². The van der Waals surface area contributed by atoms with Gasteiger partial charge in [-0.25, -0.2) is 19.2 Å². The number of carbonyl (C=O) groups excluding carboxylic acids is 1. The van der Waals surface area contributed by atoms with Crippen LogP contribution in [0.3, 0.4) is 0 Å². The van der Waals surface area contributed by atoms with Gasteiger partial charge in [0.25, 0.3) is 5.91 Å². The maximum Gasteiger partial charge on any atom is 0.407 e. The first-order chi connectivity index (χ1) is 17.4. The average Bonchev–Trinajstić information content (AvgIpc) is 3.24. The van der Waals surface area contributed by atoms with Crippen molar-refractivity contribution in [3.8, 4) is 5.82 Å². The number of rotatable bonds is 11. The largest absolute Gasteiger partial charge is 0.465 e. The summed E-state index contributed by atoms with van der Waals surface area (Å²) in [5.41, 5.74) is 0.605. The minimum atomic E-state index is -1.63. The van der Waals surface area contributed by atoms with Crippen LogP contribution in [0.5, 0.6) is 0 Å². The fraction of sp³-hybridized carbons (Fsp3) is 0.462. The first kappa shape index (κ1) is 27.9. The van der Waals surface area contributed by atoms with Gasteiger partial charge < -0.3 is 25.7 Å². The van der Waals surface area contributed by atoms with E-state index < -0.39 is 23.8 Å². The quantitative estimate of drug-likeness (QED) is 0.304. The lowest BCUT2D eigenvalue weighted by Crippen LogP contribution is -2.42. The monoisotopic (exact) mass is 514 g/mol. The van der Waals surface area contributed by atoms with E-state index in [4.69, 9.17) is 0 Å². The molecule has 0 bridgehead atoms. The molecule has 0 saturated heterocycles. The van der Waals surface area contributed by atoms with Crippen molar-refractivity contribution >= 4 is 28.7 Å². The van der Waals surface area contributed by atoms with Gasteiger partial charge >= 0.3 is 6.09 Å². The Bertz CT molecular complexity index is 1250. The van der Waals surface area contributed by atoms with Crippen LogP contribution in [0, 0.1) is 0 Å². The highest BCUT2D eigenvalue weighted by Gasteiger charge is 2.27. The van der Waals surface area contributed by atoms with Crippen LogP contribution in [0.15, 0.2) is 36.8 Å². The lowest BCUT2D eigenvalue weighted by atomic mass is 10.0. The number of fused-ring (bicyclic) bond motifs is 1. The third kappa shape index (κ3) is 6.94. The van der Waals surface area contributed by atoms with E-state index in [9.17, 15) is 24.2 Å². The number of hydrogen-bond donors (Lipinski definition) is 4. The molecule has 0 spiro atoms. The number of halogens is 1. The lowest BCUT2D eigenvalue weighted by molar-refractivity contribution is -0.00177. The molecule has 10 nitrogen and oxygen atoms in total. The van der Waals surface area contributed by atoms with Crippen LogP contribution in [0.2, 0.25) is 0 Å². The zero-order valence-corrected chi connectivity index (χ0v) is 21.8. The first-order valence-electron chi connectivity index (χ1n) is 12.3. The van der Waals surface area contributed by atoms with E-state index >= 15 is 0 Å². The topological polar surface area (TPSA) is 133 Å². The molecule has 0 fully saturated rings. The summed E-state index contributed by atoms with van der Waals surface area (Å²) < 4.78 is 15.9. The minimum Gasteiger partial charge on any atom is -0.465 e. The molecule has 0 saturated carbocycles. The number of aliphatic hydroxyl groups is 1. The van der Waals surface area contributed by atoms with Gasteiger partial charge in [0.2, 0.25) is 0 Å². The van der Waals surface area contributed by atoms with Crippen LogP contribution < -0.4 is 10.6 Å². The second-order valence-corrected chi connectivity index (χ2v) is 9.86. The molecule has 0 aliphatic carbocycles. The molecule has 37 heavy (non-hydrogen) atoms. The van der Waals surface area contributed by atoms with E-state index in [0.29, 0.717) is 23.7 Å². The molecule has 0 aliphatic heterocycles. The van der Waals surface area contributed by atoms with E-state index in [1.165, 1.54) is 24.9 Å². The molecule has 0 radical (unpaired) electrons. The van der Waals surface area contributed by atoms with Crippen LogP contribution in [-0.4, -0.2) is 72.6 Å². The van der Waals surface area contributed by atoms with Gasteiger partial charge in [0, 0.05) is 42.6 Å². The predicted molar refractivity (Wildman–Crippen MR) is 140 cm³/mol. The minimum absolute atomic E-state index is 0.00879. The number of hydrogen-bond acceptors (Lipinski definition) is 6. The number of nitrogens with zero attached hydrogens (tertiary/aromatic N) is 4. The Morgan fingerprint density at radius 1 is 1.22 bits per heavy atom. The number of carbonyl (C=O) groups is 2. The van der Waals surface area contributed by atoms with Gasteiger partial charge in [-0.2, -0.15) is 0 Å². The lowest BCUT2D eigenvalue weighted by Gasteiger charge is -2.23. The Morgan fingerprint density at radius 3 is 2.57 bits per heavy atom. The van der Waals surface area contributed by atoms with E-state index in [-0.39, 0.29) is 24.7 Å². The zero-order chi connectivity index (χ0) is 27.3. The molecule has 3 aromatic rings. The van der Waals surface area contributed by atoms with Crippen LogP contribution >= 0.6 is 0 Å². The molecule has 11 heteroatoms. The summed E-state index contributed by atoms with van der Waals surface area (Å²) in [6.45, 7) is 8.83. The Hall–Kier alpha value is -3.73. The standard InChI is InChI=1S/C26H35FN6O4/c1-6-8-32(25(35)36)15-17-10-18-7-9-33(23(18)29-12-17)22-11-20(31-16(2)3)19(13-28-22)24(34)30-14-21(27)26(4,5)37/h7,9-13,16,21,37H,6,8,14-15H2,1-5H3,(H,28,31)(H,30,34)(H,35,36)/t21-/m1/s1. The molecular formula is C26H35FN6O4. The highest BCUT2D eigenvalue weighted by molar-refractivity contribution is 5.99. The molecule has 0 aromatic carbocycles. The fourth-order valence-electron chi connectivity index (χ4n) is 3.79. The predicted octanol–water partition coefficient (Wildman–Crippen LogP) is 3.97. The molecule has 0 unspecified atom stereocenters. The van der Waals surface area contributed by atoms with Crippen LogP contribution in [0.25, 0.3) is 16.9 Å². The molecule has 0 aliphatic rings. The van der Waals surface area contributed by atoms with Gasteiger partial charge in [0.05, 0.1) is 29.9 Å². The van der Waals surface area contributed by atoms with Crippen LogP contribution in [-0.2, 0) is 6.54 Å². The summed E-state index contributed by atoms with van der Waals surface area (Å²) in [6, 6.07) is 5.50. The number of pyridine rings is 2. The third-order valence-electron chi connectivity index (χ3n) is 5.75. The van der Waals surface area contributed by atoms with Crippen LogP contribution in [0.1, 0.15) is 57.0 Å². The van der Waals surface area contributed by atoms with Crippen molar-refractivity contribution in [2.75, 3.05) is 18.4 Å². The average molecular weight is 515 g/mol. The summed E-state index contributed by atoms with van der Waals surface area (Å²) >= 11 is 0. The Balaban J connectivity index is 1.89. The molecular weight excluding hydrogens is 479 g/mol. The number of anilines is 1. The number of aromatic nitrogens is 3. The molecule has 4 N–H and O–H groups in total. The van der Waals surface area contributed by atoms with E-state index in [1.54, 1.807) is 23.0 Å². The van der Waals surface area contributed by atoms with Crippen molar-refractivity contribution in [1.29, 1.82) is 0 Å². The highest BCUT2D eigenvalue weighted by Crippen LogP contribution is 2.24. The molecule has 200 valence electrons. The van der Waals surface area contributed by atoms with Gasteiger partial charge in [0.1, 0.15) is 17.6 Å². The highest BCUT2D eigenvalue weighted by atomic mass is 19.1. The molecule has 3 aromatic heterocycles. The van der Waals surface area contributed by atoms with Crippen molar-refractivity contribution in [1.82, 2.24) is 24.8 Å². The molecule has 3 heterocycles. The second kappa shape index (κ2) is 11.5. The third-order valence-corrected chi connectivity index (χ3v) is 5.75. The number of amides is 2. The fourth-order valence-corrected chi connectivity index (χ4v) is 3.79. The normalized spacial score (nSPS) is 12.5. The second-order valence-electron chi connectivity index (χ2n) is 9.86. The Labute approximate surface area is 215 Å². The molecule has 3 rings (SSSR count). The van der Waals surface area contributed by atoms with Gasteiger partial charge in [-0.05, 0) is 51.8 Å². The first-order valence-corrected chi connectivity index (χ1v) is 12.3. The smallest absolute Gasteiger partial charge is 0.407 e. The van der Waals surface area contributed by atoms with Gasteiger partial charge in [-0.15, -0.1) is 0 Å². The van der Waals surface area contributed by atoms with Gasteiger partial charge in [-0.1, -0.05) is 6.92 Å². The van der Waals surface area contributed by atoms with Crippen molar-refractivity contribution < 1.29 is 24.2 Å². The van der Waals surface area contributed by atoms with Crippen molar-refractivity contribution in [2.24, 2.45) is 0 Å². The summed E-state index contributed by atoms with van der Waals surface area (Å²) in [4.78, 5) is 34.6. The van der Waals surface area contributed by atoms with Crippen molar-refractivity contribution in [2.45, 2.75) is 65.4 Å². The van der Waals surface area contributed by atoms with Crippen LogP contribution in [0.4, 0.5) is 14.9 Å². The SMILES string of the molecule is CCCN(Cc1cnc2c(ccn2-c2cc(NC(C)C)c(C(=O)NC[C@@H](F)C(C)(C)O)cn2)c1)C(=O)O. The number of carboxylic acid groups (broad SMARTS) is 1. The van der Waals surface area contributed by atoms with Gasteiger partial charge in [0.15, 0.2) is 0 Å². The van der Waals surface area contributed by atoms with E-state index in [0.717, 1.165) is 17.4 Å². The summed E-state index contributed by atoms with van der Waals surface area (Å²) in [5.74, 6) is 0.0113. The number of nitrogens with one attached hydrogen (secondary N) is 2. The maximum atomic E-state index is 14.1. The summed E-state index contributed by atoms with van der Waals surface area (Å²) in [5, 5.41) is 25.8. The zero-order valence-electron chi connectivity index (χ0n) is 21.8. The summed E-state index contributed by atoms with van der Waals surface area (Å²) in [7, 11) is 0. The number of alkyl halides is 1. The molecule has 2 amide bonds. The summed E-state index contributed by atoms with van der Waals surface area (Å²) in [6.07, 6.45) is 2.99. The maximum absolute atomic E-state index is 14.1. The van der Waals surface area contributed by atoms with Crippen molar-refractivity contribution in [3.63, 3.8) is 0 Å².